The zero-order chi connectivity index (χ0) is 9.56. The normalized spacial score (nSPS) is 12.0. The summed E-state index contributed by atoms with van der Waals surface area (Å²) >= 11 is 0. The highest BCUT2D eigenvalue weighted by Gasteiger charge is 2.12. The van der Waals surface area contributed by atoms with Gasteiger partial charge in [-0.15, -0.1) is 0 Å². The molecule has 0 saturated heterocycles. The third-order valence-corrected chi connectivity index (χ3v) is 1.94. The van der Waals surface area contributed by atoms with Gasteiger partial charge in [-0.2, -0.15) is 5.12 Å². The van der Waals surface area contributed by atoms with E-state index in [1.54, 1.807) is 0 Å². The van der Waals surface area contributed by atoms with E-state index in [-0.39, 0.29) is 0 Å². The molecule has 0 aliphatic rings. The van der Waals surface area contributed by atoms with Crippen LogP contribution >= 0.6 is 0 Å². The first kappa shape index (κ1) is 11.9. The van der Waals surface area contributed by atoms with E-state index in [0.29, 0.717) is 0 Å². The summed E-state index contributed by atoms with van der Waals surface area (Å²) in [7, 11) is 4.18. The van der Waals surface area contributed by atoms with Crippen molar-refractivity contribution in [1.29, 1.82) is 0 Å². The van der Waals surface area contributed by atoms with Crippen molar-refractivity contribution < 1.29 is 0 Å². The second kappa shape index (κ2) is 6.40. The molecule has 0 unspecified atom stereocenters. The highest BCUT2D eigenvalue weighted by atomic mass is 15.8. The molecule has 0 amide bonds. The third-order valence-electron chi connectivity index (χ3n) is 1.94. The van der Waals surface area contributed by atoms with Crippen molar-refractivity contribution >= 4 is 0 Å². The standard InChI is InChI=1S/C9H23N3/c1-6-9-12(10(4)5)11(7-2)8-3/h6-9H2,1-5H3. The largest absolute Gasteiger partial charge is 0.234 e. The van der Waals surface area contributed by atoms with Gasteiger partial charge in [-0.1, -0.05) is 20.8 Å². The lowest BCUT2D eigenvalue weighted by molar-refractivity contribution is -0.156. The van der Waals surface area contributed by atoms with Gasteiger partial charge in [0.25, 0.3) is 0 Å². The molecule has 3 heteroatoms. The van der Waals surface area contributed by atoms with Crippen LogP contribution < -0.4 is 0 Å². The van der Waals surface area contributed by atoms with Crippen LogP contribution in [0.2, 0.25) is 0 Å². The number of nitrogens with zero attached hydrogens (tertiary/aromatic N) is 3. The minimum Gasteiger partial charge on any atom is -0.234 e. The molecule has 0 aliphatic carbocycles. The summed E-state index contributed by atoms with van der Waals surface area (Å²) in [6, 6.07) is 0. The maximum atomic E-state index is 2.34. The van der Waals surface area contributed by atoms with E-state index in [2.05, 4.69) is 50.0 Å². The van der Waals surface area contributed by atoms with Crippen LogP contribution in [0.3, 0.4) is 0 Å². The van der Waals surface area contributed by atoms with Gasteiger partial charge in [0.1, 0.15) is 0 Å². The molecule has 0 aliphatic heterocycles. The average Bonchev–Trinajstić information content (AvgIpc) is 2.05. The van der Waals surface area contributed by atoms with Crippen molar-refractivity contribution in [1.82, 2.24) is 15.1 Å². The summed E-state index contributed by atoms with van der Waals surface area (Å²) < 4.78 is 0. The van der Waals surface area contributed by atoms with Crippen molar-refractivity contribution in [3.05, 3.63) is 0 Å². The van der Waals surface area contributed by atoms with Crippen LogP contribution in [-0.4, -0.2) is 48.9 Å². The molecule has 0 N–H and O–H groups in total. The molecule has 0 radical (unpaired) electrons. The molecule has 0 atom stereocenters. The van der Waals surface area contributed by atoms with Crippen molar-refractivity contribution in [3.8, 4) is 0 Å². The van der Waals surface area contributed by atoms with Gasteiger partial charge < -0.3 is 0 Å². The van der Waals surface area contributed by atoms with Crippen LogP contribution in [0, 0.1) is 0 Å². The molecule has 0 aromatic carbocycles. The maximum absolute atomic E-state index is 2.34. The summed E-state index contributed by atoms with van der Waals surface area (Å²) in [6.45, 7) is 9.85. The van der Waals surface area contributed by atoms with Gasteiger partial charge in [-0.05, 0) is 6.42 Å². The zero-order valence-electron chi connectivity index (χ0n) is 9.17. The topological polar surface area (TPSA) is 9.72 Å². The maximum Gasteiger partial charge on any atom is 0.0290 e. The molecule has 12 heavy (non-hydrogen) atoms. The second-order valence-electron chi connectivity index (χ2n) is 3.08. The Labute approximate surface area is 76.9 Å². The van der Waals surface area contributed by atoms with Crippen LogP contribution in [0.4, 0.5) is 0 Å². The molecular formula is C9H23N3. The van der Waals surface area contributed by atoms with Crippen molar-refractivity contribution in [3.63, 3.8) is 0 Å². The Balaban J connectivity index is 4.05. The Kier molecular flexibility index (Phi) is 6.34. The highest BCUT2D eigenvalue weighted by molar-refractivity contribution is 4.48. The van der Waals surface area contributed by atoms with E-state index in [9.17, 15) is 0 Å². The van der Waals surface area contributed by atoms with Gasteiger partial charge in [0.05, 0.1) is 0 Å². The molecule has 74 valence electrons. The van der Waals surface area contributed by atoms with E-state index < -0.39 is 0 Å². The molecule has 3 nitrogen and oxygen atoms in total. The summed E-state index contributed by atoms with van der Waals surface area (Å²) in [6.07, 6.45) is 1.19. The number of rotatable bonds is 6. The molecule has 0 fully saturated rings. The summed E-state index contributed by atoms with van der Waals surface area (Å²) in [5, 5.41) is 6.78. The van der Waals surface area contributed by atoms with Crippen molar-refractivity contribution in [2.75, 3.05) is 33.7 Å². The Morgan fingerprint density at radius 2 is 1.42 bits per heavy atom. The van der Waals surface area contributed by atoms with Crippen LogP contribution in [-0.2, 0) is 0 Å². The number of hydrazine groups is 2. The van der Waals surface area contributed by atoms with E-state index in [4.69, 9.17) is 0 Å². The quantitative estimate of drug-likeness (QED) is 0.563. The molecule has 0 heterocycles. The van der Waals surface area contributed by atoms with Crippen molar-refractivity contribution in [2.24, 2.45) is 0 Å². The molecule has 0 spiro atoms. The molecule has 0 bridgehead atoms. The predicted molar refractivity (Wildman–Crippen MR) is 53.6 cm³/mol. The van der Waals surface area contributed by atoms with E-state index in [1.807, 2.05) is 0 Å². The summed E-state index contributed by atoms with van der Waals surface area (Å²) in [5.74, 6) is 0. The first-order valence-electron chi connectivity index (χ1n) is 4.86. The fourth-order valence-electron chi connectivity index (χ4n) is 1.34. The average molecular weight is 173 g/mol. The Hall–Kier alpha value is -0.120. The van der Waals surface area contributed by atoms with E-state index >= 15 is 0 Å². The smallest absolute Gasteiger partial charge is 0.0290 e. The molecule has 0 aromatic rings. The lowest BCUT2D eigenvalue weighted by atomic mass is 10.5. The minimum atomic E-state index is 1.08. The predicted octanol–water partition coefficient (Wildman–Crippen LogP) is 1.43. The lowest BCUT2D eigenvalue weighted by Gasteiger charge is -2.37. The first-order chi connectivity index (χ1) is 5.67. The van der Waals surface area contributed by atoms with Gasteiger partial charge >= 0.3 is 0 Å². The third kappa shape index (κ3) is 3.52. The molecular weight excluding hydrogens is 150 g/mol. The van der Waals surface area contributed by atoms with Crippen molar-refractivity contribution in [2.45, 2.75) is 27.2 Å². The van der Waals surface area contributed by atoms with Crippen LogP contribution in [0.25, 0.3) is 0 Å². The van der Waals surface area contributed by atoms with E-state index in [0.717, 1.165) is 19.6 Å². The minimum absolute atomic E-state index is 1.08. The highest BCUT2D eigenvalue weighted by Crippen LogP contribution is 2.00. The monoisotopic (exact) mass is 173 g/mol. The number of hydrogen-bond acceptors (Lipinski definition) is 3. The Morgan fingerprint density at radius 3 is 1.67 bits per heavy atom. The van der Waals surface area contributed by atoms with Crippen LogP contribution in [0.5, 0.6) is 0 Å². The second-order valence-corrected chi connectivity index (χ2v) is 3.08. The van der Waals surface area contributed by atoms with Gasteiger partial charge in [-0.25, -0.2) is 10.0 Å². The number of hydrogen-bond donors (Lipinski definition) is 0. The lowest BCUT2D eigenvalue weighted by Crippen LogP contribution is -2.50. The first-order valence-corrected chi connectivity index (χ1v) is 4.86. The summed E-state index contributed by atoms with van der Waals surface area (Å²) in [5.41, 5.74) is 0. The van der Waals surface area contributed by atoms with Gasteiger partial charge in [0.2, 0.25) is 0 Å². The fourth-order valence-corrected chi connectivity index (χ4v) is 1.34. The van der Waals surface area contributed by atoms with Crippen LogP contribution in [0.1, 0.15) is 27.2 Å². The zero-order valence-corrected chi connectivity index (χ0v) is 9.17. The Bertz CT molecular complexity index is 99.9. The van der Waals surface area contributed by atoms with E-state index in [1.165, 1.54) is 6.42 Å². The molecule has 0 rings (SSSR count). The van der Waals surface area contributed by atoms with Gasteiger partial charge in [0.15, 0.2) is 0 Å². The molecule has 0 saturated carbocycles. The van der Waals surface area contributed by atoms with Crippen LogP contribution in [0.15, 0.2) is 0 Å². The fraction of sp³-hybridized carbons (Fsp3) is 1.00. The SMILES string of the molecule is CCCN(N(C)C)N(CC)CC. The van der Waals surface area contributed by atoms with Gasteiger partial charge in [-0.3, -0.25) is 0 Å². The molecule has 0 aromatic heterocycles. The summed E-state index contributed by atoms with van der Waals surface area (Å²) in [4.78, 5) is 0. The Morgan fingerprint density at radius 1 is 0.917 bits per heavy atom. The van der Waals surface area contributed by atoms with Gasteiger partial charge in [0, 0.05) is 33.7 Å².